The van der Waals surface area contributed by atoms with Crippen LogP contribution in [0.4, 0.5) is 0 Å². The van der Waals surface area contributed by atoms with Gasteiger partial charge in [-0.25, -0.2) is 5.48 Å². The molecule has 4 N–H and O–H groups in total. The summed E-state index contributed by atoms with van der Waals surface area (Å²) in [6, 6.07) is 13.0. The quantitative estimate of drug-likeness (QED) is 0.505. The van der Waals surface area contributed by atoms with E-state index < -0.39 is 11.8 Å². The average molecular weight is 286 g/mol. The van der Waals surface area contributed by atoms with Gasteiger partial charge in [0.05, 0.1) is 0 Å². The van der Waals surface area contributed by atoms with Gasteiger partial charge in [0.2, 0.25) is 0 Å². The molecule has 0 aliphatic heterocycles. The second kappa shape index (κ2) is 6.53. The van der Waals surface area contributed by atoms with Crippen molar-refractivity contribution in [2.45, 2.75) is 6.54 Å². The van der Waals surface area contributed by atoms with Gasteiger partial charge < -0.3 is 10.4 Å². The molecule has 21 heavy (non-hydrogen) atoms. The lowest BCUT2D eigenvalue weighted by Crippen LogP contribution is -2.24. The first-order chi connectivity index (χ1) is 10.1. The number of benzene rings is 2. The SMILES string of the molecule is O=C(NO)c1cc(O)cc(C(=O)NCc2ccccc2)c1. The van der Waals surface area contributed by atoms with Crippen molar-refractivity contribution in [1.29, 1.82) is 0 Å². The summed E-state index contributed by atoms with van der Waals surface area (Å²) in [6.45, 7) is 0.330. The average Bonchev–Trinajstić information content (AvgIpc) is 2.52. The van der Waals surface area contributed by atoms with Gasteiger partial charge in [0.15, 0.2) is 0 Å². The van der Waals surface area contributed by atoms with Gasteiger partial charge in [0.25, 0.3) is 11.8 Å². The topological polar surface area (TPSA) is 98.7 Å². The van der Waals surface area contributed by atoms with Crippen LogP contribution in [-0.2, 0) is 6.54 Å². The Hall–Kier alpha value is -2.86. The Kier molecular flexibility index (Phi) is 4.53. The van der Waals surface area contributed by atoms with E-state index in [9.17, 15) is 14.7 Å². The number of aromatic hydroxyl groups is 1. The smallest absolute Gasteiger partial charge is 0.274 e. The minimum absolute atomic E-state index is 0.0117. The zero-order valence-electron chi connectivity index (χ0n) is 11.0. The molecule has 0 radical (unpaired) electrons. The molecule has 0 atom stereocenters. The third-order valence-electron chi connectivity index (χ3n) is 2.84. The van der Waals surface area contributed by atoms with Crippen LogP contribution in [0.25, 0.3) is 0 Å². The van der Waals surface area contributed by atoms with Gasteiger partial charge in [-0.1, -0.05) is 30.3 Å². The van der Waals surface area contributed by atoms with E-state index in [0.29, 0.717) is 6.54 Å². The van der Waals surface area contributed by atoms with Crippen molar-refractivity contribution < 1.29 is 19.9 Å². The molecule has 0 spiro atoms. The van der Waals surface area contributed by atoms with E-state index in [-0.39, 0.29) is 16.9 Å². The lowest BCUT2D eigenvalue weighted by atomic mass is 10.1. The fraction of sp³-hybridized carbons (Fsp3) is 0.0667. The fourth-order valence-electron chi connectivity index (χ4n) is 1.82. The number of phenols is 1. The highest BCUT2D eigenvalue weighted by Crippen LogP contribution is 2.16. The standard InChI is InChI=1S/C15H14N2O4/c18-13-7-11(6-12(8-13)15(20)17-21)14(19)16-9-10-4-2-1-3-5-10/h1-8,18,21H,9H2,(H,16,19)(H,17,20). The largest absolute Gasteiger partial charge is 0.508 e. The number of hydrogen-bond acceptors (Lipinski definition) is 4. The zero-order chi connectivity index (χ0) is 15.2. The van der Waals surface area contributed by atoms with Gasteiger partial charge in [-0.05, 0) is 23.8 Å². The third kappa shape index (κ3) is 3.80. The molecule has 0 unspecified atom stereocenters. The van der Waals surface area contributed by atoms with Crippen LogP contribution in [0.1, 0.15) is 26.3 Å². The van der Waals surface area contributed by atoms with Crippen molar-refractivity contribution in [2.75, 3.05) is 0 Å². The van der Waals surface area contributed by atoms with Crippen LogP contribution in [-0.4, -0.2) is 22.1 Å². The van der Waals surface area contributed by atoms with E-state index in [2.05, 4.69) is 5.32 Å². The number of hydroxylamine groups is 1. The highest BCUT2D eigenvalue weighted by molar-refractivity contribution is 5.99. The van der Waals surface area contributed by atoms with Crippen LogP contribution in [0.2, 0.25) is 0 Å². The molecule has 108 valence electrons. The monoisotopic (exact) mass is 286 g/mol. The molecule has 2 amide bonds. The third-order valence-corrected chi connectivity index (χ3v) is 2.84. The minimum Gasteiger partial charge on any atom is -0.508 e. The Morgan fingerprint density at radius 2 is 1.57 bits per heavy atom. The minimum atomic E-state index is -0.803. The first-order valence-electron chi connectivity index (χ1n) is 6.21. The Bertz CT molecular complexity index is 656. The summed E-state index contributed by atoms with van der Waals surface area (Å²) >= 11 is 0. The molecular weight excluding hydrogens is 272 g/mol. The summed E-state index contributed by atoms with van der Waals surface area (Å²) in [5, 5.41) is 20.8. The number of carbonyl (C=O) groups is 2. The molecule has 2 rings (SSSR count). The summed E-state index contributed by atoms with van der Waals surface area (Å²) in [6.07, 6.45) is 0. The van der Waals surface area contributed by atoms with Crippen molar-refractivity contribution in [3.63, 3.8) is 0 Å². The van der Waals surface area contributed by atoms with Crippen molar-refractivity contribution in [3.05, 3.63) is 65.2 Å². The van der Waals surface area contributed by atoms with Gasteiger partial charge >= 0.3 is 0 Å². The molecular formula is C15H14N2O4. The second-order valence-electron chi connectivity index (χ2n) is 4.38. The van der Waals surface area contributed by atoms with Crippen molar-refractivity contribution in [1.82, 2.24) is 10.8 Å². The Balaban J connectivity index is 2.12. The summed E-state index contributed by atoms with van der Waals surface area (Å²) in [4.78, 5) is 23.3. The summed E-state index contributed by atoms with van der Waals surface area (Å²) in [7, 11) is 0. The van der Waals surface area contributed by atoms with E-state index in [1.165, 1.54) is 17.6 Å². The van der Waals surface area contributed by atoms with Gasteiger partial charge in [-0.15, -0.1) is 0 Å². The molecule has 2 aromatic rings. The molecule has 0 fully saturated rings. The normalized spacial score (nSPS) is 9.95. The van der Waals surface area contributed by atoms with Crippen LogP contribution in [0.3, 0.4) is 0 Å². The van der Waals surface area contributed by atoms with E-state index in [0.717, 1.165) is 11.6 Å². The molecule has 0 bridgehead atoms. The molecule has 6 nitrogen and oxygen atoms in total. The van der Waals surface area contributed by atoms with Crippen LogP contribution in [0, 0.1) is 0 Å². The molecule has 0 aromatic heterocycles. The Morgan fingerprint density at radius 1 is 0.952 bits per heavy atom. The van der Waals surface area contributed by atoms with Crippen molar-refractivity contribution in [3.8, 4) is 5.75 Å². The predicted molar refractivity (Wildman–Crippen MR) is 75.0 cm³/mol. The maximum absolute atomic E-state index is 12.0. The van der Waals surface area contributed by atoms with E-state index in [4.69, 9.17) is 5.21 Å². The first kappa shape index (κ1) is 14.5. The Labute approximate surface area is 121 Å². The Morgan fingerprint density at radius 3 is 2.19 bits per heavy atom. The number of rotatable bonds is 4. The lowest BCUT2D eigenvalue weighted by molar-refractivity contribution is 0.0706. The van der Waals surface area contributed by atoms with Gasteiger partial charge in [-0.2, -0.15) is 0 Å². The van der Waals surface area contributed by atoms with Crippen molar-refractivity contribution >= 4 is 11.8 Å². The number of phenolic OH excluding ortho intramolecular Hbond substituents is 1. The number of amides is 2. The van der Waals surface area contributed by atoms with Gasteiger partial charge in [0, 0.05) is 17.7 Å². The maximum atomic E-state index is 12.0. The maximum Gasteiger partial charge on any atom is 0.274 e. The van der Waals surface area contributed by atoms with Crippen LogP contribution >= 0.6 is 0 Å². The summed E-state index contributed by atoms with van der Waals surface area (Å²) < 4.78 is 0. The van der Waals surface area contributed by atoms with Crippen LogP contribution in [0.15, 0.2) is 48.5 Å². The van der Waals surface area contributed by atoms with E-state index in [1.807, 2.05) is 30.3 Å². The number of hydrogen-bond donors (Lipinski definition) is 4. The number of carbonyl (C=O) groups excluding carboxylic acids is 2. The molecule has 6 heteroatoms. The molecule has 0 saturated carbocycles. The molecule has 0 aliphatic rings. The highest BCUT2D eigenvalue weighted by Gasteiger charge is 2.12. The van der Waals surface area contributed by atoms with Crippen molar-refractivity contribution in [2.24, 2.45) is 0 Å². The predicted octanol–water partition coefficient (Wildman–Crippen LogP) is 1.44. The molecule has 2 aromatic carbocycles. The van der Waals surface area contributed by atoms with Crippen LogP contribution in [0.5, 0.6) is 5.75 Å². The van der Waals surface area contributed by atoms with Crippen LogP contribution < -0.4 is 10.8 Å². The molecule has 0 saturated heterocycles. The fourth-order valence-corrected chi connectivity index (χ4v) is 1.82. The summed E-state index contributed by atoms with van der Waals surface area (Å²) in [5.41, 5.74) is 2.50. The van der Waals surface area contributed by atoms with E-state index in [1.54, 1.807) is 0 Å². The summed E-state index contributed by atoms with van der Waals surface area (Å²) in [5.74, 6) is -1.47. The second-order valence-corrected chi connectivity index (χ2v) is 4.38. The van der Waals surface area contributed by atoms with E-state index >= 15 is 0 Å². The lowest BCUT2D eigenvalue weighted by Gasteiger charge is -2.07. The van der Waals surface area contributed by atoms with Gasteiger partial charge in [0.1, 0.15) is 5.75 Å². The number of nitrogens with one attached hydrogen (secondary N) is 2. The zero-order valence-corrected chi connectivity index (χ0v) is 11.0. The first-order valence-corrected chi connectivity index (χ1v) is 6.21. The highest BCUT2D eigenvalue weighted by atomic mass is 16.5. The molecule has 0 heterocycles. The van der Waals surface area contributed by atoms with Gasteiger partial charge in [-0.3, -0.25) is 14.8 Å². The molecule has 0 aliphatic carbocycles.